The van der Waals surface area contributed by atoms with Crippen molar-refractivity contribution >= 4 is 6.08 Å². The van der Waals surface area contributed by atoms with Gasteiger partial charge in [0.2, 0.25) is 0 Å². The molecule has 0 aliphatic rings. The van der Waals surface area contributed by atoms with Crippen LogP contribution in [-0.2, 0) is 9.47 Å². The van der Waals surface area contributed by atoms with Crippen LogP contribution >= 0.6 is 0 Å². The number of hydrogen-bond acceptors (Lipinski definition) is 2. The van der Waals surface area contributed by atoms with Gasteiger partial charge in [-0.2, -0.15) is 0 Å². The van der Waals surface area contributed by atoms with Gasteiger partial charge in [-0.15, -0.1) is 0 Å². The van der Waals surface area contributed by atoms with E-state index in [1.165, 1.54) is 5.56 Å². The average Bonchev–Trinajstić information content (AvgIpc) is 2.59. The molecule has 2 nitrogen and oxygen atoms in total. The Morgan fingerprint density at radius 2 is 1.55 bits per heavy atom. The lowest BCUT2D eigenvalue weighted by Crippen LogP contribution is -2.07. The van der Waals surface area contributed by atoms with Crippen molar-refractivity contribution in [2.75, 3.05) is 20.3 Å². The molecule has 0 aromatic heterocycles. The first-order chi connectivity index (χ1) is 10.9. The van der Waals surface area contributed by atoms with Crippen LogP contribution in [0.25, 0.3) is 6.08 Å². The summed E-state index contributed by atoms with van der Waals surface area (Å²) in [6.45, 7) is 1.17. The molecule has 2 aromatic rings. The topological polar surface area (TPSA) is 18.5 Å². The fourth-order valence-electron chi connectivity index (χ4n) is 2.06. The molecule has 0 aliphatic carbocycles. The van der Waals surface area contributed by atoms with Crippen molar-refractivity contribution < 1.29 is 9.47 Å². The molecule has 0 spiro atoms. The number of ether oxygens (including phenoxy) is 2. The molecule has 1 unspecified atom stereocenters. The summed E-state index contributed by atoms with van der Waals surface area (Å²) in [5.41, 5.74) is 2.33. The summed E-state index contributed by atoms with van der Waals surface area (Å²) in [6, 6.07) is 20.4. The van der Waals surface area contributed by atoms with Gasteiger partial charge in [-0.25, -0.2) is 0 Å². The second-order valence-electron chi connectivity index (χ2n) is 4.85. The van der Waals surface area contributed by atoms with E-state index in [2.05, 4.69) is 36.4 Å². The summed E-state index contributed by atoms with van der Waals surface area (Å²) in [5, 5.41) is 0. The predicted molar refractivity (Wildman–Crippen MR) is 91.6 cm³/mol. The standard InChI is InChI=1S/C20H22O2/c1-21-16-17-22-20(19-13-6-3-7-14-19)15-9-8-12-18-10-4-2-5-11-18/h2-15,20H,16-17H2,1H3/b12-8+,15-9+. The van der Waals surface area contributed by atoms with Gasteiger partial charge in [-0.05, 0) is 11.1 Å². The maximum Gasteiger partial charge on any atom is 0.101 e. The van der Waals surface area contributed by atoms with Gasteiger partial charge >= 0.3 is 0 Å². The summed E-state index contributed by atoms with van der Waals surface area (Å²) in [4.78, 5) is 0. The lowest BCUT2D eigenvalue weighted by molar-refractivity contribution is 0.0390. The van der Waals surface area contributed by atoms with E-state index in [-0.39, 0.29) is 6.10 Å². The van der Waals surface area contributed by atoms with Gasteiger partial charge in [0.1, 0.15) is 6.10 Å². The third-order valence-electron chi connectivity index (χ3n) is 3.20. The highest BCUT2D eigenvalue weighted by Gasteiger charge is 2.06. The van der Waals surface area contributed by atoms with Gasteiger partial charge in [0.25, 0.3) is 0 Å². The molecule has 2 heteroatoms. The Bertz CT molecular complexity index is 573. The van der Waals surface area contributed by atoms with Gasteiger partial charge in [0, 0.05) is 7.11 Å². The number of benzene rings is 2. The summed E-state index contributed by atoms with van der Waals surface area (Å²) in [5.74, 6) is 0. The second kappa shape index (κ2) is 9.72. The Kier molecular flexibility index (Phi) is 7.16. The van der Waals surface area contributed by atoms with Crippen LogP contribution < -0.4 is 0 Å². The largest absolute Gasteiger partial charge is 0.382 e. The highest BCUT2D eigenvalue weighted by Crippen LogP contribution is 2.18. The van der Waals surface area contributed by atoms with Gasteiger partial charge in [-0.1, -0.05) is 85.0 Å². The van der Waals surface area contributed by atoms with E-state index in [0.29, 0.717) is 13.2 Å². The fraction of sp³-hybridized carbons (Fsp3) is 0.200. The molecule has 0 amide bonds. The van der Waals surface area contributed by atoms with E-state index >= 15 is 0 Å². The van der Waals surface area contributed by atoms with E-state index in [1.54, 1.807) is 7.11 Å². The smallest absolute Gasteiger partial charge is 0.101 e. The van der Waals surface area contributed by atoms with Crippen LogP contribution in [-0.4, -0.2) is 20.3 Å². The van der Waals surface area contributed by atoms with Crippen LogP contribution in [0.15, 0.2) is 78.9 Å². The molecule has 0 radical (unpaired) electrons. The lowest BCUT2D eigenvalue weighted by Gasteiger charge is -2.14. The van der Waals surface area contributed by atoms with Crippen LogP contribution in [0.2, 0.25) is 0 Å². The maximum absolute atomic E-state index is 5.88. The molecule has 0 saturated heterocycles. The first-order valence-corrected chi connectivity index (χ1v) is 7.45. The normalized spacial score (nSPS) is 13.0. The van der Waals surface area contributed by atoms with Crippen LogP contribution in [0, 0.1) is 0 Å². The van der Waals surface area contributed by atoms with Crippen molar-refractivity contribution in [3.8, 4) is 0 Å². The molecule has 0 aliphatic heterocycles. The monoisotopic (exact) mass is 294 g/mol. The van der Waals surface area contributed by atoms with Crippen LogP contribution in [0.5, 0.6) is 0 Å². The molecule has 1 atom stereocenters. The van der Waals surface area contributed by atoms with Crippen molar-refractivity contribution in [1.82, 2.24) is 0 Å². The van der Waals surface area contributed by atoms with E-state index in [4.69, 9.17) is 9.47 Å². The molecule has 0 saturated carbocycles. The number of rotatable bonds is 8. The maximum atomic E-state index is 5.88. The highest BCUT2D eigenvalue weighted by atomic mass is 16.5. The minimum absolute atomic E-state index is 0.0585. The third-order valence-corrected chi connectivity index (χ3v) is 3.20. The zero-order valence-corrected chi connectivity index (χ0v) is 12.9. The highest BCUT2D eigenvalue weighted by molar-refractivity contribution is 5.50. The van der Waals surface area contributed by atoms with Gasteiger partial charge < -0.3 is 9.47 Å². The van der Waals surface area contributed by atoms with Crippen molar-refractivity contribution in [3.05, 3.63) is 90.0 Å². The van der Waals surface area contributed by atoms with Crippen molar-refractivity contribution in [2.45, 2.75) is 6.10 Å². The van der Waals surface area contributed by atoms with Gasteiger partial charge in [-0.3, -0.25) is 0 Å². The Morgan fingerprint density at radius 3 is 2.23 bits per heavy atom. The quantitative estimate of drug-likeness (QED) is 0.521. The number of hydrogen-bond donors (Lipinski definition) is 0. The zero-order chi connectivity index (χ0) is 15.5. The molecule has 0 bridgehead atoms. The fourth-order valence-corrected chi connectivity index (χ4v) is 2.06. The summed E-state index contributed by atoms with van der Waals surface area (Å²) in [7, 11) is 1.68. The Balaban J connectivity index is 1.99. The van der Waals surface area contributed by atoms with E-state index in [0.717, 1.165) is 5.56 Å². The first kappa shape index (κ1) is 16.2. The molecule has 0 heterocycles. The van der Waals surface area contributed by atoms with Crippen molar-refractivity contribution in [1.29, 1.82) is 0 Å². The Hall–Kier alpha value is -2.16. The number of allylic oxidation sites excluding steroid dienone is 2. The summed E-state index contributed by atoms with van der Waals surface area (Å²) < 4.78 is 10.9. The minimum atomic E-state index is -0.0585. The van der Waals surface area contributed by atoms with Gasteiger partial charge in [0.05, 0.1) is 13.2 Å². The number of methoxy groups -OCH3 is 1. The molecule has 0 N–H and O–H groups in total. The predicted octanol–water partition coefficient (Wildman–Crippen LogP) is 4.66. The Morgan fingerprint density at radius 1 is 0.864 bits per heavy atom. The second-order valence-corrected chi connectivity index (χ2v) is 4.85. The van der Waals surface area contributed by atoms with E-state index in [1.807, 2.05) is 48.6 Å². The summed E-state index contributed by atoms with van der Waals surface area (Å²) >= 11 is 0. The van der Waals surface area contributed by atoms with Gasteiger partial charge in [0.15, 0.2) is 0 Å². The van der Waals surface area contributed by atoms with E-state index < -0.39 is 0 Å². The molecule has 114 valence electrons. The SMILES string of the molecule is COCCOC(/C=C/C=C/c1ccccc1)c1ccccc1. The molecule has 2 aromatic carbocycles. The van der Waals surface area contributed by atoms with Crippen molar-refractivity contribution in [2.24, 2.45) is 0 Å². The molecular weight excluding hydrogens is 272 g/mol. The van der Waals surface area contributed by atoms with Crippen LogP contribution in [0.3, 0.4) is 0 Å². The first-order valence-electron chi connectivity index (χ1n) is 7.45. The van der Waals surface area contributed by atoms with Crippen LogP contribution in [0.4, 0.5) is 0 Å². The molecule has 0 fully saturated rings. The summed E-state index contributed by atoms with van der Waals surface area (Å²) in [6.07, 6.45) is 8.14. The van der Waals surface area contributed by atoms with Crippen molar-refractivity contribution in [3.63, 3.8) is 0 Å². The average molecular weight is 294 g/mol. The zero-order valence-electron chi connectivity index (χ0n) is 12.9. The molecule has 22 heavy (non-hydrogen) atoms. The lowest BCUT2D eigenvalue weighted by atomic mass is 10.1. The third kappa shape index (κ3) is 5.68. The van der Waals surface area contributed by atoms with E-state index in [9.17, 15) is 0 Å². The molecule has 2 rings (SSSR count). The minimum Gasteiger partial charge on any atom is -0.382 e. The Labute approximate surface area is 132 Å². The molecular formula is C20H22O2. The van der Waals surface area contributed by atoms with Crippen LogP contribution in [0.1, 0.15) is 17.2 Å².